The van der Waals surface area contributed by atoms with E-state index in [0.717, 1.165) is 17.2 Å². The number of ether oxygens (including phenoxy) is 1. The first-order valence-electron chi connectivity index (χ1n) is 8.21. The lowest BCUT2D eigenvalue weighted by Gasteiger charge is -2.25. The van der Waals surface area contributed by atoms with E-state index in [2.05, 4.69) is 15.2 Å². The van der Waals surface area contributed by atoms with Gasteiger partial charge in [-0.05, 0) is 49.8 Å². The largest absolute Gasteiger partial charge is 0.469 e. The molecule has 3 rings (SSSR count). The lowest BCUT2D eigenvalue weighted by atomic mass is 10.0. The Morgan fingerprint density at radius 1 is 1.40 bits per heavy atom. The van der Waals surface area contributed by atoms with Crippen LogP contribution in [0.5, 0.6) is 0 Å². The van der Waals surface area contributed by atoms with Crippen molar-refractivity contribution in [2.24, 2.45) is 0 Å². The summed E-state index contributed by atoms with van der Waals surface area (Å²) >= 11 is 5.54. The topological polar surface area (TPSA) is 67.6 Å². The molecule has 1 saturated heterocycles. The first kappa shape index (κ1) is 17.4. The zero-order valence-corrected chi connectivity index (χ0v) is 15.1. The summed E-state index contributed by atoms with van der Waals surface area (Å²) in [5.74, 6) is 1.46. The van der Waals surface area contributed by atoms with Gasteiger partial charge in [-0.1, -0.05) is 6.07 Å². The highest BCUT2D eigenvalue weighted by Gasteiger charge is 2.41. The predicted octanol–water partition coefficient (Wildman–Crippen LogP) is 2.91. The van der Waals surface area contributed by atoms with Crippen molar-refractivity contribution in [1.82, 2.24) is 15.2 Å². The normalized spacial score (nSPS) is 19.8. The number of hydrogen-bond acceptors (Lipinski definition) is 5. The second kappa shape index (κ2) is 7.65. The number of pyridine rings is 1. The Balaban J connectivity index is 1.85. The van der Waals surface area contributed by atoms with E-state index >= 15 is 0 Å². The minimum atomic E-state index is -0.218. The zero-order chi connectivity index (χ0) is 17.8. The Labute approximate surface area is 152 Å². The molecule has 0 amide bonds. The first-order chi connectivity index (χ1) is 12.1. The summed E-state index contributed by atoms with van der Waals surface area (Å²) in [5.41, 5.74) is 0.902. The maximum atomic E-state index is 11.4. The number of nitrogens with zero attached hydrogens (tertiary/aromatic N) is 2. The maximum absolute atomic E-state index is 11.4. The van der Waals surface area contributed by atoms with Gasteiger partial charge in [-0.2, -0.15) is 0 Å². The fourth-order valence-corrected chi connectivity index (χ4v) is 3.40. The molecule has 2 atom stereocenters. The molecule has 25 heavy (non-hydrogen) atoms. The molecule has 1 aliphatic rings. The molecule has 7 heteroatoms. The van der Waals surface area contributed by atoms with Crippen LogP contribution >= 0.6 is 12.2 Å². The lowest BCUT2D eigenvalue weighted by Crippen LogP contribution is -2.30. The molecule has 0 spiro atoms. The van der Waals surface area contributed by atoms with E-state index in [1.807, 2.05) is 37.3 Å². The molecule has 0 bridgehead atoms. The number of furan rings is 1. The number of nitrogens with one attached hydrogen (secondary N) is 1. The minimum Gasteiger partial charge on any atom is -0.469 e. The van der Waals surface area contributed by atoms with Gasteiger partial charge < -0.3 is 19.4 Å². The fourth-order valence-electron chi connectivity index (χ4n) is 3.06. The highest BCUT2D eigenvalue weighted by Crippen LogP contribution is 2.39. The Morgan fingerprint density at radius 2 is 2.24 bits per heavy atom. The molecule has 0 aromatic carbocycles. The average molecular weight is 359 g/mol. The molecular formula is C18H21N3O3S. The fraction of sp³-hybridized carbons (Fsp3) is 0.389. The van der Waals surface area contributed by atoms with Gasteiger partial charge in [0.25, 0.3) is 0 Å². The average Bonchev–Trinajstić information content (AvgIpc) is 3.19. The van der Waals surface area contributed by atoms with Crippen LogP contribution in [0.3, 0.4) is 0 Å². The van der Waals surface area contributed by atoms with Gasteiger partial charge in [-0.3, -0.25) is 9.78 Å². The third-order valence-corrected chi connectivity index (χ3v) is 4.61. The zero-order valence-electron chi connectivity index (χ0n) is 14.3. The van der Waals surface area contributed by atoms with Crippen molar-refractivity contribution in [1.29, 1.82) is 0 Å². The summed E-state index contributed by atoms with van der Waals surface area (Å²) in [5, 5.41) is 3.99. The molecule has 2 aromatic heterocycles. The predicted molar refractivity (Wildman–Crippen MR) is 96.9 cm³/mol. The first-order valence-corrected chi connectivity index (χ1v) is 8.62. The van der Waals surface area contributed by atoms with Crippen LogP contribution < -0.4 is 5.32 Å². The second-order valence-electron chi connectivity index (χ2n) is 5.95. The number of aryl methyl sites for hydroxylation is 1. The van der Waals surface area contributed by atoms with Crippen molar-refractivity contribution >= 4 is 23.3 Å². The maximum Gasteiger partial charge on any atom is 0.305 e. The summed E-state index contributed by atoms with van der Waals surface area (Å²) < 4.78 is 10.6. The number of esters is 1. The van der Waals surface area contributed by atoms with Crippen molar-refractivity contribution in [3.05, 3.63) is 53.7 Å². The Bertz CT molecular complexity index is 747. The van der Waals surface area contributed by atoms with Crippen molar-refractivity contribution in [2.45, 2.75) is 31.8 Å². The molecule has 2 aromatic rings. The van der Waals surface area contributed by atoms with E-state index in [0.29, 0.717) is 24.5 Å². The van der Waals surface area contributed by atoms with Crippen molar-refractivity contribution in [3.8, 4) is 0 Å². The number of rotatable bonds is 6. The van der Waals surface area contributed by atoms with Crippen LogP contribution in [0.1, 0.15) is 42.1 Å². The molecule has 0 saturated carbocycles. The summed E-state index contributed by atoms with van der Waals surface area (Å²) in [7, 11) is 1.40. The van der Waals surface area contributed by atoms with Gasteiger partial charge in [0.1, 0.15) is 17.6 Å². The Morgan fingerprint density at radius 3 is 2.88 bits per heavy atom. The third kappa shape index (κ3) is 3.82. The Hall–Kier alpha value is -2.41. The van der Waals surface area contributed by atoms with Crippen LogP contribution in [-0.2, 0) is 9.53 Å². The van der Waals surface area contributed by atoms with Crippen LogP contribution in [-0.4, -0.2) is 34.6 Å². The quantitative estimate of drug-likeness (QED) is 0.628. The third-order valence-electron chi connectivity index (χ3n) is 4.26. The van der Waals surface area contributed by atoms with Crippen LogP contribution in [0.15, 0.2) is 40.9 Å². The van der Waals surface area contributed by atoms with Gasteiger partial charge in [-0.25, -0.2) is 0 Å². The molecule has 6 nitrogen and oxygen atoms in total. The molecule has 3 heterocycles. The van der Waals surface area contributed by atoms with Gasteiger partial charge in [0.2, 0.25) is 0 Å². The molecule has 0 radical (unpaired) electrons. The minimum absolute atomic E-state index is 0.0997. The van der Waals surface area contributed by atoms with Crippen molar-refractivity contribution in [2.75, 3.05) is 13.7 Å². The van der Waals surface area contributed by atoms with E-state index in [4.69, 9.17) is 21.4 Å². The smallest absolute Gasteiger partial charge is 0.305 e. The standard InChI is InChI=1S/C18H21N3O3S/c1-12-8-9-14(24-12)17-16(13-6-3-4-10-19-13)20-18(25)21(17)11-5-7-15(22)23-2/h3-4,6,8-10,16-17H,5,7,11H2,1-2H3,(H,20,25)/t16-,17+/m1/s1. The number of carbonyl (C=O) groups is 1. The Kier molecular flexibility index (Phi) is 5.33. The van der Waals surface area contributed by atoms with Crippen LogP contribution in [0.4, 0.5) is 0 Å². The lowest BCUT2D eigenvalue weighted by molar-refractivity contribution is -0.140. The highest BCUT2D eigenvalue weighted by atomic mass is 32.1. The van der Waals surface area contributed by atoms with Gasteiger partial charge >= 0.3 is 5.97 Å². The molecule has 0 unspecified atom stereocenters. The van der Waals surface area contributed by atoms with Crippen molar-refractivity contribution in [3.63, 3.8) is 0 Å². The molecule has 132 valence electrons. The number of hydrogen-bond donors (Lipinski definition) is 1. The molecule has 0 aliphatic carbocycles. The van der Waals surface area contributed by atoms with Crippen LogP contribution in [0.25, 0.3) is 0 Å². The molecule has 1 aliphatic heterocycles. The van der Waals surface area contributed by atoms with E-state index in [9.17, 15) is 4.79 Å². The van der Waals surface area contributed by atoms with Gasteiger partial charge in [0.15, 0.2) is 5.11 Å². The highest BCUT2D eigenvalue weighted by molar-refractivity contribution is 7.80. The second-order valence-corrected chi connectivity index (χ2v) is 6.33. The summed E-state index contributed by atoms with van der Waals surface area (Å²) in [6.45, 7) is 2.55. The summed E-state index contributed by atoms with van der Waals surface area (Å²) in [6, 6.07) is 9.53. The number of carbonyl (C=O) groups excluding carboxylic acids is 1. The number of aromatic nitrogens is 1. The molecule has 1 fully saturated rings. The molecular weight excluding hydrogens is 338 g/mol. The van der Waals surface area contributed by atoms with Crippen molar-refractivity contribution < 1.29 is 13.9 Å². The van der Waals surface area contributed by atoms with E-state index < -0.39 is 0 Å². The summed E-state index contributed by atoms with van der Waals surface area (Å²) in [4.78, 5) is 17.9. The summed E-state index contributed by atoms with van der Waals surface area (Å²) in [6.07, 6.45) is 2.78. The van der Waals surface area contributed by atoms with E-state index in [-0.39, 0.29) is 18.1 Å². The van der Waals surface area contributed by atoms with Gasteiger partial charge in [-0.15, -0.1) is 0 Å². The van der Waals surface area contributed by atoms with Gasteiger partial charge in [0.05, 0.1) is 18.8 Å². The van der Waals surface area contributed by atoms with Gasteiger partial charge in [0, 0.05) is 19.2 Å². The van der Waals surface area contributed by atoms with E-state index in [1.165, 1.54) is 7.11 Å². The molecule has 1 N–H and O–H groups in total. The SMILES string of the molecule is COC(=O)CCCN1C(=S)N[C@H](c2ccccn2)[C@@H]1c1ccc(C)o1. The van der Waals surface area contributed by atoms with Crippen LogP contribution in [0, 0.1) is 6.92 Å². The monoisotopic (exact) mass is 359 g/mol. The number of methoxy groups -OCH3 is 1. The van der Waals surface area contributed by atoms with Crippen LogP contribution in [0.2, 0.25) is 0 Å². The number of thiocarbonyl (C=S) groups is 1. The van der Waals surface area contributed by atoms with E-state index in [1.54, 1.807) is 6.20 Å².